The molecule has 0 fully saturated rings. The molecule has 7 nitrogen and oxygen atoms in total. The average molecular weight is 474 g/mol. The average Bonchev–Trinajstić information content (AvgIpc) is 3.21. The van der Waals surface area contributed by atoms with Crippen molar-refractivity contribution in [2.75, 3.05) is 20.8 Å². The Balaban J connectivity index is 1.44. The molecule has 0 atom stereocenters. The van der Waals surface area contributed by atoms with Crippen LogP contribution in [0.4, 0.5) is 0 Å². The van der Waals surface area contributed by atoms with Crippen molar-refractivity contribution in [2.45, 2.75) is 33.4 Å². The summed E-state index contributed by atoms with van der Waals surface area (Å²) in [5.74, 6) is 2.57. The molecule has 0 saturated heterocycles. The van der Waals surface area contributed by atoms with Gasteiger partial charge in [-0.15, -0.1) is 0 Å². The van der Waals surface area contributed by atoms with E-state index in [0.717, 1.165) is 35.6 Å². The van der Waals surface area contributed by atoms with Crippen molar-refractivity contribution < 1.29 is 19.0 Å². The number of benzene rings is 3. The number of rotatable bonds is 10. The maximum atomic E-state index is 12.8. The zero-order chi connectivity index (χ0) is 24.8. The number of carbonyl (C=O) groups is 1. The second kappa shape index (κ2) is 11.0. The third-order valence-corrected chi connectivity index (χ3v) is 5.78. The lowest BCUT2D eigenvalue weighted by atomic mass is 10.1. The number of nitrogens with zero attached hydrogens (tertiary/aromatic N) is 2. The Morgan fingerprint density at radius 2 is 1.69 bits per heavy atom. The summed E-state index contributed by atoms with van der Waals surface area (Å²) < 4.78 is 18.7. The highest BCUT2D eigenvalue weighted by Gasteiger charge is 2.14. The van der Waals surface area contributed by atoms with Gasteiger partial charge in [0.05, 0.1) is 38.4 Å². The zero-order valence-corrected chi connectivity index (χ0v) is 20.6. The summed E-state index contributed by atoms with van der Waals surface area (Å²) in [7, 11) is 3.11. The summed E-state index contributed by atoms with van der Waals surface area (Å²) in [4.78, 5) is 17.6. The number of hydrogen-bond acceptors (Lipinski definition) is 5. The first-order valence-electron chi connectivity index (χ1n) is 11.6. The Kier molecular flexibility index (Phi) is 7.55. The number of aryl methyl sites for hydroxylation is 3. The molecule has 1 heterocycles. The molecule has 7 heteroatoms. The summed E-state index contributed by atoms with van der Waals surface area (Å²) in [5, 5.41) is 2.98. The molecule has 0 radical (unpaired) electrons. The van der Waals surface area contributed by atoms with Crippen molar-refractivity contribution in [2.24, 2.45) is 0 Å². The van der Waals surface area contributed by atoms with E-state index < -0.39 is 0 Å². The van der Waals surface area contributed by atoms with Crippen LogP contribution in [0.25, 0.3) is 11.0 Å². The number of para-hydroxylation sites is 2. The number of amides is 1. The Labute approximate surface area is 205 Å². The predicted molar refractivity (Wildman–Crippen MR) is 136 cm³/mol. The summed E-state index contributed by atoms with van der Waals surface area (Å²) in [5.41, 5.74) is 4.81. The molecule has 35 heavy (non-hydrogen) atoms. The van der Waals surface area contributed by atoms with Gasteiger partial charge in [0, 0.05) is 12.1 Å². The van der Waals surface area contributed by atoms with Crippen LogP contribution in [0.15, 0.2) is 60.7 Å². The van der Waals surface area contributed by atoms with E-state index in [1.54, 1.807) is 32.4 Å². The number of aromatic nitrogens is 2. The highest BCUT2D eigenvalue weighted by molar-refractivity contribution is 5.94. The van der Waals surface area contributed by atoms with Crippen molar-refractivity contribution in [3.63, 3.8) is 0 Å². The molecule has 0 aliphatic heterocycles. The van der Waals surface area contributed by atoms with Crippen LogP contribution < -0.4 is 19.5 Å². The normalized spacial score (nSPS) is 10.9. The van der Waals surface area contributed by atoms with Crippen molar-refractivity contribution in [3.8, 4) is 17.2 Å². The van der Waals surface area contributed by atoms with Crippen LogP contribution in [0.3, 0.4) is 0 Å². The van der Waals surface area contributed by atoms with Crippen LogP contribution in [0.1, 0.15) is 33.7 Å². The fourth-order valence-corrected chi connectivity index (χ4v) is 4.18. The molecular formula is C28H31N3O4. The smallest absolute Gasteiger partial charge is 0.251 e. The van der Waals surface area contributed by atoms with Gasteiger partial charge in [-0.1, -0.05) is 18.2 Å². The monoisotopic (exact) mass is 473 g/mol. The highest BCUT2D eigenvalue weighted by Crippen LogP contribution is 2.27. The van der Waals surface area contributed by atoms with Crippen LogP contribution in [0.2, 0.25) is 0 Å². The molecule has 1 aromatic heterocycles. The van der Waals surface area contributed by atoms with Gasteiger partial charge < -0.3 is 24.1 Å². The highest BCUT2D eigenvalue weighted by atomic mass is 16.5. The fraction of sp³-hybridized carbons (Fsp3) is 0.286. The molecule has 182 valence electrons. The maximum absolute atomic E-state index is 12.8. The molecule has 0 saturated carbocycles. The van der Waals surface area contributed by atoms with Crippen molar-refractivity contribution >= 4 is 16.9 Å². The lowest BCUT2D eigenvalue weighted by Gasteiger charge is -2.12. The molecule has 0 bridgehead atoms. The summed E-state index contributed by atoms with van der Waals surface area (Å²) >= 11 is 0. The maximum Gasteiger partial charge on any atom is 0.251 e. The van der Waals surface area contributed by atoms with Gasteiger partial charge in [0.1, 0.15) is 11.6 Å². The van der Waals surface area contributed by atoms with Crippen LogP contribution in [0, 0.1) is 13.8 Å². The number of imidazole rings is 1. The van der Waals surface area contributed by atoms with E-state index in [1.807, 2.05) is 24.3 Å². The molecule has 1 N–H and O–H groups in total. The van der Waals surface area contributed by atoms with Gasteiger partial charge in [-0.3, -0.25) is 4.79 Å². The van der Waals surface area contributed by atoms with Crippen LogP contribution in [-0.4, -0.2) is 36.3 Å². The molecular weight excluding hydrogens is 442 g/mol. The van der Waals surface area contributed by atoms with E-state index in [0.29, 0.717) is 30.2 Å². The van der Waals surface area contributed by atoms with Crippen molar-refractivity contribution in [1.29, 1.82) is 0 Å². The quantitative estimate of drug-likeness (QED) is 0.326. The number of nitrogens with one attached hydrogen (secondary N) is 1. The van der Waals surface area contributed by atoms with Gasteiger partial charge in [-0.05, 0) is 73.9 Å². The SMILES string of the molecule is COc1ccc(C(=O)NCc2nc3ccccc3n2CCCOc2cc(C)cc(C)c2)cc1OC. The van der Waals surface area contributed by atoms with E-state index in [9.17, 15) is 4.79 Å². The molecule has 1 amide bonds. The number of hydrogen-bond donors (Lipinski definition) is 1. The minimum absolute atomic E-state index is 0.206. The number of carbonyl (C=O) groups excluding carboxylic acids is 1. The number of methoxy groups -OCH3 is 2. The Hall–Kier alpha value is -4.00. The number of fused-ring (bicyclic) bond motifs is 1. The Bertz CT molecular complexity index is 1310. The summed E-state index contributed by atoms with van der Waals surface area (Å²) in [6.07, 6.45) is 0.809. The van der Waals surface area contributed by atoms with Crippen LogP contribution in [0.5, 0.6) is 17.2 Å². The Morgan fingerprint density at radius 3 is 2.43 bits per heavy atom. The molecule has 3 aromatic carbocycles. The minimum Gasteiger partial charge on any atom is -0.494 e. The second-order valence-corrected chi connectivity index (χ2v) is 8.45. The molecule has 0 aliphatic carbocycles. The van der Waals surface area contributed by atoms with Crippen molar-refractivity contribution in [1.82, 2.24) is 14.9 Å². The molecule has 0 spiro atoms. The minimum atomic E-state index is -0.206. The fourth-order valence-electron chi connectivity index (χ4n) is 4.18. The largest absolute Gasteiger partial charge is 0.494 e. The summed E-state index contributed by atoms with van der Waals surface area (Å²) in [6.45, 7) is 5.76. The third-order valence-electron chi connectivity index (χ3n) is 5.78. The van der Waals surface area contributed by atoms with Crippen molar-refractivity contribution in [3.05, 3.63) is 83.2 Å². The zero-order valence-electron chi connectivity index (χ0n) is 20.6. The van der Waals surface area contributed by atoms with Gasteiger partial charge in [-0.25, -0.2) is 4.98 Å². The standard InChI is InChI=1S/C28H31N3O4/c1-19-14-20(2)16-22(15-19)35-13-7-12-31-24-9-6-5-8-23(24)30-27(31)18-29-28(32)21-10-11-25(33-3)26(17-21)34-4/h5-6,8-11,14-17H,7,12-13,18H2,1-4H3,(H,29,32). The molecule has 0 unspecified atom stereocenters. The lowest BCUT2D eigenvalue weighted by Crippen LogP contribution is -2.25. The van der Waals surface area contributed by atoms with E-state index >= 15 is 0 Å². The molecule has 4 rings (SSSR count). The predicted octanol–water partition coefficient (Wildman–Crippen LogP) is 5.07. The second-order valence-electron chi connectivity index (χ2n) is 8.45. The third kappa shape index (κ3) is 5.74. The van der Waals surface area contributed by atoms with Gasteiger partial charge in [-0.2, -0.15) is 0 Å². The van der Waals surface area contributed by atoms with Gasteiger partial charge >= 0.3 is 0 Å². The first kappa shape index (κ1) is 24.1. The molecule has 0 aliphatic rings. The topological polar surface area (TPSA) is 74.6 Å². The van der Waals surface area contributed by atoms with Crippen LogP contribution in [-0.2, 0) is 13.1 Å². The Morgan fingerprint density at radius 1 is 0.943 bits per heavy atom. The van der Waals surface area contributed by atoms with Gasteiger partial charge in [0.2, 0.25) is 0 Å². The van der Waals surface area contributed by atoms with E-state index in [2.05, 4.69) is 41.9 Å². The van der Waals surface area contributed by atoms with E-state index in [1.165, 1.54) is 11.1 Å². The lowest BCUT2D eigenvalue weighted by molar-refractivity contribution is 0.0949. The van der Waals surface area contributed by atoms with Crippen LogP contribution >= 0.6 is 0 Å². The van der Waals surface area contributed by atoms with Gasteiger partial charge in [0.25, 0.3) is 5.91 Å². The first-order valence-corrected chi connectivity index (χ1v) is 11.6. The summed E-state index contributed by atoms with van der Waals surface area (Å²) in [6, 6.07) is 19.3. The number of ether oxygens (including phenoxy) is 3. The van der Waals surface area contributed by atoms with Gasteiger partial charge in [0.15, 0.2) is 11.5 Å². The molecule has 4 aromatic rings. The van der Waals surface area contributed by atoms with E-state index in [-0.39, 0.29) is 5.91 Å². The first-order chi connectivity index (χ1) is 17.0. The van der Waals surface area contributed by atoms with E-state index in [4.69, 9.17) is 19.2 Å².